The lowest BCUT2D eigenvalue weighted by molar-refractivity contribution is -0.137. The van der Waals surface area contributed by atoms with Gasteiger partial charge in [-0.3, -0.25) is 10.1 Å². The minimum atomic E-state index is -0.857. The Morgan fingerprint density at radius 1 is 0.946 bits per heavy atom. The highest BCUT2D eigenvalue weighted by Gasteiger charge is 2.29. The normalized spacial score (nSPS) is 15.8. The van der Waals surface area contributed by atoms with Gasteiger partial charge in [-0.05, 0) is 52.4 Å². The fourth-order valence-corrected chi connectivity index (χ4v) is 5.33. The molecule has 0 spiro atoms. The summed E-state index contributed by atoms with van der Waals surface area (Å²) in [6.45, 7) is 2.02. The summed E-state index contributed by atoms with van der Waals surface area (Å²) in [5.74, 6) is -0.133. The maximum Gasteiger partial charge on any atom is 0.305 e. The molecule has 7 heteroatoms. The zero-order valence-electron chi connectivity index (χ0n) is 21.1. The monoisotopic (exact) mass is 495 g/mol. The van der Waals surface area contributed by atoms with E-state index in [4.69, 9.17) is 0 Å². The van der Waals surface area contributed by atoms with Gasteiger partial charge in [0.05, 0.1) is 18.5 Å². The molecule has 1 heterocycles. The second kappa shape index (κ2) is 11.5. The van der Waals surface area contributed by atoms with Crippen molar-refractivity contribution in [2.45, 2.75) is 63.6 Å². The van der Waals surface area contributed by atoms with E-state index in [-0.39, 0.29) is 18.5 Å². The zero-order chi connectivity index (χ0) is 25.6. The van der Waals surface area contributed by atoms with Crippen LogP contribution in [-0.4, -0.2) is 31.3 Å². The first-order valence-corrected chi connectivity index (χ1v) is 13.1. The summed E-state index contributed by atoms with van der Waals surface area (Å²) in [4.78, 5) is 11.9. The van der Waals surface area contributed by atoms with Crippen molar-refractivity contribution >= 4 is 5.97 Å². The second-order valence-electron chi connectivity index (χ2n) is 9.93. The molecule has 37 heavy (non-hydrogen) atoms. The number of aryl methyl sites for hydroxylation is 1. The van der Waals surface area contributed by atoms with Crippen LogP contribution in [0.5, 0.6) is 0 Å². The summed E-state index contributed by atoms with van der Waals surface area (Å²) in [6.07, 6.45) is 5.62. The van der Waals surface area contributed by atoms with Gasteiger partial charge in [0.25, 0.3) is 0 Å². The summed E-state index contributed by atoms with van der Waals surface area (Å²) in [5.41, 5.74) is 5.29. The Balaban J connectivity index is 1.54. The van der Waals surface area contributed by atoms with E-state index in [1.165, 1.54) is 19.3 Å². The van der Waals surface area contributed by atoms with Crippen molar-refractivity contribution in [3.05, 3.63) is 101 Å². The summed E-state index contributed by atoms with van der Waals surface area (Å²) >= 11 is 0. The van der Waals surface area contributed by atoms with Crippen LogP contribution >= 0.6 is 0 Å². The lowest BCUT2D eigenvalue weighted by Crippen LogP contribution is -2.32. The Morgan fingerprint density at radius 3 is 2.38 bits per heavy atom. The summed E-state index contributed by atoms with van der Waals surface area (Å²) in [6, 6.07) is 26.1. The van der Waals surface area contributed by atoms with Gasteiger partial charge in [-0.2, -0.15) is 0 Å². The van der Waals surface area contributed by atoms with Gasteiger partial charge in [0.15, 0.2) is 5.82 Å². The highest BCUT2D eigenvalue weighted by molar-refractivity contribution is 5.68. The van der Waals surface area contributed by atoms with Crippen LogP contribution < -0.4 is 5.32 Å². The van der Waals surface area contributed by atoms with Gasteiger partial charge in [0, 0.05) is 6.04 Å². The molecule has 7 nitrogen and oxygen atoms in total. The number of carboxylic acids is 1. The molecule has 0 saturated heterocycles. The van der Waals surface area contributed by atoms with Crippen molar-refractivity contribution in [3.63, 3.8) is 0 Å². The lowest BCUT2D eigenvalue weighted by atomic mass is 9.94. The van der Waals surface area contributed by atoms with Gasteiger partial charge in [-0.25, -0.2) is 4.68 Å². The van der Waals surface area contributed by atoms with Gasteiger partial charge in [0.1, 0.15) is 0 Å². The maximum absolute atomic E-state index is 11.9. The highest BCUT2D eigenvalue weighted by Crippen LogP contribution is 2.33. The van der Waals surface area contributed by atoms with E-state index >= 15 is 0 Å². The SMILES string of the molecule is Cc1cccc(C(CC(=O)O)NC(c2ccc(-c3ccccc3)cc2)c2nnnn2C2CCCCC2)c1. The predicted molar refractivity (Wildman–Crippen MR) is 143 cm³/mol. The van der Waals surface area contributed by atoms with Crippen molar-refractivity contribution in [2.24, 2.45) is 0 Å². The first-order valence-electron chi connectivity index (χ1n) is 13.1. The quantitative estimate of drug-likeness (QED) is 0.294. The molecule has 1 aromatic heterocycles. The third-order valence-electron chi connectivity index (χ3n) is 7.24. The van der Waals surface area contributed by atoms with E-state index in [1.807, 2.05) is 54.1 Å². The first kappa shape index (κ1) is 24.8. The van der Waals surface area contributed by atoms with Crippen LogP contribution in [0.1, 0.15) is 79.2 Å². The zero-order valence-corrected chi connectivity index (χ0v) is 21.1. The number of nitrogens with one attached hydrogen (secondary N) is 1. The largest absolute Gasteiger partial charge is 0.481 e. The molecule has 2 atom stereocenters. The molecular weight excluding hydrogens is 462 g/mol. The fraction of sp³-hybridized carbons (Fsp3) is 0.333. The topological polar surface area (TPSA) is 92.9 Å². The standard InChI is InChI=1S/C30H33N5O2/c1-21-9-8-12-25(19-21)27(20-28(36)37)31-29(30-32-33-34-35(30)26-13-6-3-7-14-26)24-17-15-23(16-18-24)22-10-4-2-5-11-22/h2,4-5,8-12,15-19,26-27,29,31H,3,6-7,13-14,20H2,1H3,(H,36,37). The van der Waals surface area contributed by atoms with Crippen molar-refractivity contribution in [3.8, 4) is 11.1 Å². The van der Waals surface area contributed by atoms with E-state index in [0.717, 1.165) is 46.5 Å². The number of nitrogens with zero attached hydrogens (tertiary/aromatic N) is 4. The van der Waals surface area contributed by atoms with Crippen molar-refractivity contribution in [1.82, 2.24) is 25.5 Å². The molecule has 0 amide bonds. The Labute approximate surface area is 217 Å². The first-order chi connectivity index (χ1) is 18.1. The molecule has 2 unspecified atom stereocenters. The highest BCUT2D eigenvalue weighted by atomic mass is 16.4. The lowest BCUT2D eigenvalue weighted by Gasteiger charge is -2.28. The maximum atomic E-state index is 11.9. The number of carbonyl (C=O) groups is 1. The van der Waals surface area contributed by atoms with Crippen LogP contribution in [0.15, 0.2) is 78.9 Å². The third-order valence-corrected chi connectivity index (χ3v) is 7.24. The van der Waals surface area contributed by atoms with Gasteiger partial charge < -0.3 is 5.11 Å². The molecular formula is C30H33N5O2. The number of aromatic nitrogens is 4. The summed E-state index contributed by atoms with van der Waals surface area (Å²) < 4.78 is 1.97. The molecule has 190 valence electrons. The van der Waals surface area contributed by atoms with Crippen molar-refractivity contribution in [1.29, 1.82) is 0 Å². The van der Waals surface area contributed by atoms with Crippen LogP contribution in [0.25, 0.3) is 11.1 Å². The van der Waals surface area contributed by atoms with Crippen LogP contribution in [0, 0.1) is 6.92 Å². The van der Waals surface area contributed by atoms with Gasteiger partial charge >= 0.3 is 5.97 Å². The molecule has 4 aromatic rings. The van der Waals surface area contributed by atoms with Crippen molar-refractivity contribution in [2.75, 3.05) is 0 Å². The summed E-state index contributed by atoms with van der Waals surface area (Å²) in [5, 5.41) is 26.4. The van der Waals surface area contributed by atoms with Crippen LogP contribution in [-0.2, 0) is 4.79 Å². The average Bonchev–Trinajstić information content (AvgIpc) is 3.42. The minimum absolute atomic E-state index is 0.0486. The number of hydrogen-bond donors (Lipinski definition) is 2. The van der Waals surface area contributed by atoms with E-state index in [1.54, 1.807) is 0 Å². The van der Waals surface area contributed by atoms with E-state index < -0.39 is 12.0 Å². The fourth-order valence-electron chi connectivity index (χ4n) is 5.33. The average molecular weight is 496 g/mol. The molecule has 1 aliphatic rings. The molecule has 1 fully saturated rings. The van der Waals surface area contributed by atoms with E-state index in [2.05, 4.69) is 57.2 Å². The minimum Gasteiger partial charge on any atom is -0.481 e. The molecule has 0 radical (unpaired) electrons. The Hall–Kier alpha value is -3.84. The number of rotatable bonds is 9. The number of carboxylic acid groups (broad SMARTS) is 1. The van der Waals surface area contributed by atoms with Crippen LogP contribution in [0.4, 0.5) is 0 Å². The molecule has 1 aliphatic carbocycles. The van der Waals surface area contributed by atoms with E-state index in [0.29, 0.717) is 0 Å². The number of tetrazole rings is 1. The molecule has 5 rings (SSSR count). The van der Waals surface area contributed by atoms with Gasteiger partial charge in [-0.15, -0.1) is 5.10 Å². The Bertz CT molecular complexity index is 1310. The smallest absolute Gasteiger partial charge is 0.305 e. The van der Waals surface area contributed by atoms with Crippen LogP contribution in [0.3, 0.4) is 0 Å². The molecule has 1 saturated carbocycles. The third kappa shape index (κ3) is 5.94. The predicted octanol–water partition coefficient (Wildman–Crippen LogP) is 6.05. The molecule has 0 bridgehead atoms. The van der Waals surface area contributed by atoms with Crippen molar-refractivity contribution < 1.29 is 9.90 Å². The number of aliphatic carboxylic acids is 1. The molecule has 2 N–H and O–H groups in total. The number of hydrogen-bond acceptors (Lipinski definition) is 5. The van der Waals surface area contributed by atoms with Gasteiger partial charge in [-0.1, -0.05) is 104 Å². The Kier molecular flexibility index (Phi) is 7.70. The van der Waals surface area contributed by atoms with E-state index in [9.17, 15) is 9.90 Å². The van der Waals surface area contributed by atoms with Crippen LogP contribution in [0.2, 0.25) is 0 Å². The number of benzene rings is 3. The second-order valence-corrected chi connectivity index (χ2v) is 9.93. The Morgan fingerprint density at radius 2 is 1.68 bits per heavy atom. The summed E-state index contributed by atoms with van der Waals surface area (Å²) in [7, 11) is 0. The molecule has 0 aliphatic heterocycles. The molecule has 3 aromatic carbocycles. The van der Waals surface area contributed by atoms with Gasteiger partial charge in [0.2, 0.25) is 0 Å².